The van der Waals surface area contributed by atoms with Crippen molar-refractivity contribution in [3.8, 4) is 5.75 Å². The van der Waals surface area contributed by atoms with E-state index in [2.05, 4.69) is 37.1 Å². The van der Waals surface area contributed by atoms with Crippen LogP contribution in [0, 0.1) is 13.8 Å². The van der Waals surface area contributed by atoms with Crippen molar-refractivity contribution in [3.05, 3.63) is 46.8 Å². The van der Waals surface area contributed by atoms with Crippen LogP contribution in [0.3, 0.4) is 0 Å². The number of nitrogens with zero attached hydrogens (tertiary/aromatic N) is 2. The molecule has 2 rings (SSSR count). The molecule has 0 bridgehead atoms. The number of rotatable bonds is 3. The Balaban J connectivity index is 2.47. The molecule has 0 amide bonds. The summed E-state index contributed by atoms with van der Waals surface area (Å²) in [6.45, 7) is 4.15. The van der Waals surface area contributed by atoms with E-state index in [4.69, 9.17) is 10.5 Å². The van der Waals surface area contributed by atoms with Crippen molar-refractivity contribution >= 4 is 0 Å². The molecule has 1 atom stereocenters. The normalized spacial score (nSPS) is 12.5. The average molecular weight is 245 g/mol. The van der Waals surface area contributed by atoms with Crippen molar-refractivity contribution in [2.45, 2.75) is 19.9 Å². The third-order valence-electron chi connectivity index (χ3n) is 3.07. The van der Waals surface area contributed by atoms with Crippen LogP contribution in [-0.4, -0.2) is 16.9 Å². The second-order valence-corrected chi connectivity index (χ2v) is 4.62. The lowest BCUT2D eigenvalue weighted by molar-refractivity contribution is 0.406. The molecule has 0 saturated carbocycles. The molecular weight excluding hydrogens is 226 g/mol. The standard InChI is InChI=1S/C14H19N3O/c1-9-5-10(2)7-11(6-9)13(15)14-12(18-4)8-16-17(14)3/h5-8,13H,15H2,1-4H3. The van der Waals surface area contributed by atoms with Crippen molar-refractivity contribution in [1.82, 2.24) is 9.78 Å². The maximum absolute atomic E-state index is 6.33. The number of hydrogen-bond acceptors (Lipinski definition) is 3. The minimum absolute atomic E-state index is 0.231. The summed E-state index contributed by atoms with van der Waals surface area (Å²) >= 11 is 0. The van der Waals surface area contributed by atoms with E-state index >= 15 is 0 Å². The molecule has 4 heteroatoms. The van der Waals surface area contributed by atoms with Gasteiger partial charge in [-0.2, -0.15) is 5.10 Å². The Bertz CT molecular complexity index is 540. The number of aryl methyl sites for hydroxylation is 3. The van der Waals surface area contributed by atoms with E-state index in [1.165, 1.54) is 11.1 Å². The number of ether oxygens (including phenoxy) is 1. The van der Waals surface area contributed by atoms with Crippen molar-refractivity contribution in [2.75, 3.05) is 7.11 Å². The Morgan fingerprint density at radius 3 is 2.39 bits per heavy atom. The van der Waals surface area contributed by atoms with E-state index in [0.717, 1.165) is 17.0 Å². The second kappa shape index (κ2) is 4.82. The molecule has 1 aromatic heterocycles. The number of nitrogens with two attached hydrogens (primary N) is 1. The highest BCUT2D eigenvalue weighted by Gasteiger charge is 2.19. The van der Waals surface area contributed by atoms with Crippen LogP contribution in [0.4, 0.5) is 0 Å². The smallest absolute Gasteiger partial charge is 0.161 e. The summed E-state index contributed by atoms with van der Waals surface area (Å²) in [5.41, 5.74) is 10.7. The Morgan fingerprint density at radius 2 is 1.83 bits per heavy atom. The highest BCUT2D eigenvalue weighted by Crippen LogP contribution is 2.28. The van der Waals surface area contributed by atoms with Gasteiger partial charge in [0.05, 0.1) is 19.3 Å². The molecule has 1 heterocycles. The molecule has 0 radical (unpaired) electrons. The van der Waals surface area contributed by atoms with E-state index in [1.807, 2.05) is 7.05 Å². The first kappa shape index (κ1) is 12.6. The van der Waals surface area contributed by atoms with Crippen molar-refractivity contribution < 1.29 is 4.74 Å². The minimum Gasteiger partial charge on any atom is -0.493 e. The first-order chi connectivity index (χ1) is 8.52. The molecule has 2 aromatic rings. The van der Waals surface area contributed by atoms with Gasteiger partial charge in [-0.15, -0.1) is 0 Å². The van der Waals surface area contributed by atoms with Crippen LogP contribution in [0.15, 0.2) is 24.4 Å². The van der Waals surface area contributed by atoms with Gasteiger partial charge < -0.3 is 10.5 Å². The van der Waals surface area contributed by atoms with E-state index in [0.29, 0.717) is 0 Å². The Morgan fingerprint density at radius 1 is 1.22 bits per heavy atom. The van der Waals surface area contributed by atoms with Crippen LogP contribution in [0.25, 0.3) is 0 Å². The fraction of sp³-hybridized carbons (Fsp3) is 0.357. The maximum Gasteiger partial charge on any atom is 0.161 e. The molecule has 0 aliphatic heterocycles. The Kier molecular flexibility index (Phi) is 3.39. The van der Waals surface area contributed by atoms with Gasteiger partial charge in [0.15, 0.2) is 5.75 Å². The van der Waals surface area contributed by atoms with Crippen molar-refractivity contribution in [3.63, 3.8) is 0 Å². The molecule has 0 fully saturated rings. The number of aromatic nitrogens is 2. The largest absolute Gasteiger partial charge is 0.493 e. The van der Waals surface area contributed by atoms with E-state index < -0.39 is 0 Å². The molecule has 96 valence electrons. The highest BCUT2D eigenvalue weighted by atomic mass is 16.5. The quantitative estimate of drug-likeness (QED) is 0.901. The third kappa shape index (κ3) is 2.24. The highest BCUT2D eigenvalue weighted by molar-refractivity contribution is 5.39. The van der Waals surface area contributed by atoms with Gasteiger partial charge in [-0.05, 0) is 19.4 Å². The van der Waals surface area contributed by atoms with Gasteiger partial charge in [-0.25, -0.2) is 0 Å². The summed E-state index contributed by atoms with van der Waals surface area (Å²) in [4.78, 5) is 0. The molecule has 18 heavy (non-hydrogen) atoms. The first-order valence-electron chi connectivity index (χ1n) is 5.92. The Hall–Kier alpha value is -1.81. The first-order valence-corrected chi connectivity index (χ1v) is 5.92. The third-order valence-corrected chi connectivity index (χ3v) is 3.07. The van der Waals surface area contributed by atoms with Crippen molar-refractivity contribution in [2.24, 2.45) is 12.8 Å². The fourth-order valence-electron chi connectivity index (χ4n) is 2.29. The molecule has 0 spiro atoms. The predicted molar refractivity (Wildman–Crippen MR) is 71.7 cm³/mol. The van der Waals surface area contributed by atoms with Gasteiger partial charge in [0, 0.05) is 7.05 Å². The Labute approximate surface area is 107 Å². The predicted octanol–water partition coefficient (Wildman–Crippen LogP) is 2.09. The number of benzene rings is 1. The molecule has 0 aliphatic carbocycles. The molecular formula is C14H19N3O. The molecule has 1 aromatic carbocycles. The lowest BCUT2D eigenvalue weighted by Crippen LogP contribution is -2.17. The lowest BCUT2D eigenvalue weighted by Gasteiger charge is -2.15. The van der Waals surface area contributed by atoms with Gasteiger partial charge in [-0.3, -0.25) is 4.68 Å². The van der Waals surface area contributed by atoms with Crippen LogP contribution in [0.5, 0.6) is 5.75 Å². The zero-order chi connectivity index (χ0) is 13.3. The topological polar surface area (TPSA) is 53.1 Å². The van der Waals surface area contributed by atoms with Crippen LogP contribution >= 0.6 is 0 Å². The second-order valence-electron chi connectivity index (χ2n) is 4.62. The summed E-state index contributed by atoms with van der Waals surface area (Å²) in [5, 5.41) is 4.19. The zero-order valence-electron chi connectivity index (χ0n) is 11.3. The SMILES string of the molecule is COc1cnn(C)c1C(N)c1cc(C)cc(C)c1. The summed E-state index contributed by atoms with van der Waals surface area (Å²) in [5.74, 6) is 0.726. The molecule has 2 N–H and O–H groups in total. The van der Waals surface area contributed by atoms with Gasteiger partial charge in [0.2, 0.25) is 0 Å². The number of hydrogen-bond donors (Lipinski definition) is 1. The van der Waals surface area contributed by atoms with E-state index in [9.17, 15) is 0 Å². The lowest BCUT2D eigenvalue weighted by atomic mass is 9.99. The van der Waals surface area contributed by atoms with Gasteiger partial charge >= 0.3 is 0 Å². The molecule has 0 saturated heterocycles. The van der Waals surface area contributed by atoms with Crippen LogP contribution in [-0.2, 0) is 7.05 Å². The molecule has 4 nitrogen and oxygen atoms in total. The van der Waals surface area contributed by atoms with Crippen LogP contribution in [0.2, 0.25) is 0 Å². The van der Waals surface area contributed by atoms with Gasteiger partial charge in [-0.1, -0.05) is 29.3 Å². The van der Waals surface area contributed by atoms with Crippen LogP contribution in [0.1, 0.15) is 28.4 Å². The van der Waals surface area contributed by atoms with Gasteiger partial charge in [0.1, 0.15) is 5.69 Å². The average Bonchev–Trinajstić information content (AvgIpc) is 2.68. The van der Waals surface area contributed by atoms with Gasteiger partial charge in [0.25, 0.3) is 0 Å². The fourth-order valence-corrected chi connectivity index (χ4v) is 2.29. The minimum atomic E-state index is -0.231. The van der Waals surface area contributed by atoms with E-state index in [-0.39, 0.29) is 6.04 Å². The summed E-state index contributed by atoms with van der Waals surface area (Å²) in [6, 6.07) is 6.11. The van der Waals surface area contributed by atoms with Crippen LogP contribution < -0.4 is 10.5 Å². The summed E-state index contributed by atoms with van der Waals surface area (Å²) in [7, 11) is 3.51. The number of methoxy groups -OCH3 is 1. The van der Waals surface area contributed by atoms with E-state index in [1.54, 1.807) is 18.0 Å². The molecule has 1 unspecified atom stereocenters. The zero-order valence-corrected chi connectivity index (χ0v) is 11.3. The molecule has 0 aliphatic rings. The summed E-state index contributed by atoms with van der Waals surface area (Å²) < 4.78 is 7.07. The monoisotopic (exact) mass is 245 g/mol. The maximum atomic E-state index is 6.33. The summed E-state index contributed by atoms with van der Waals surface area (Å²) in [6.07, 6.45) is 1.69. The van der Waals surface area contributed by atoms with Crippen molar-refractivity contribution in [1.29, 1.82) is 0 Å².